The van der Waals surface area contributed by atoms with Gasteiger partial charge >= 0.3 is 0 Å². The third-order valence-corrected chi connectivity index (χ3v) is 2.77. The number of nitrogens with zero attached hydrogens (tertiary/aromatic N) is 4. The molecule has 1 aromatic rings. The van der Waals surface area contributed by atoms with E-state index in [0.29, 0.717) is 5.69 Å². The van der Waals surface area contributed by atoms with Gasteiger partial charge in [-0.05, 0) is 26.2 Å². The van der Waals surface area contributed by atoms with Crippen molar-refractivity contribution in [3.63, 3.8) is 0 Å². The summed E-state index contributed by atoms with van der Waals surface area (Å²) in [6, 6.07) is 2.07. The minimum atomic E-state index is 0.436. The van der Waals surface area contributed by atoms with Gasteiger partial charge in [0.25, 0.3) is 0 Å². The van der Waals surface area contributed by atoms with E-state index in [1.54, 1.807) is 0 Å². The minimum Gasteiger partial charge on any atom is -0.356 e. The van der Waals surface area contributed by atoms with Crippen molar-refractivity contribution >= 4 is 5.82 Å². The quantitative estimate of drug-likeness (QED) is 0.690. The lowest BCUT2D eigenvalue weighted by Crippen LogP contribution is -2.31. The number of hydrogen-bond acceptors (Lipinski definition) is 4. The van der Waals surface area contributed by atoms with Crippen molar-refractivity contribution in [1.29, 1.82) is 5.26 Å². The van der Waals surface area contributed by atoms with Crippen molar-refractivity contribution in [2.45, 2.75) is 26.2 Å². The molecule has 1 aromatic heterocycles. The highest BCUT2D eigenvalue weighted by Gasteiger charge is 2.16. The highest BCUT2D eigenvalue weighted by molar-refractivity contribution is 5.50. The molecule has 0 bridgehead atoms. The summed E-state index contributed by atoms with van der Waals surface area (Å²) >= 11 is 0. The second-order valence-electron chi connectivity index (χ2n) is 3.78. The van der Waals surface area contributed by atoms with Crippen LogP contribution in [0, 0.1) is 24.6 Å². The van der Waals surface area contributed by atoms with Gasteiger partial charge in [-0.15, -0.1) is 0 Å². The zero-order valence-electron chi connectivity index (χ0n) is 8.82. The Morgan fingerprint density at radius 3 is 2.67 bits per heavy atom. The van der Waals surface area contributed by atoms with Crippen molar-refractivity contribution in [2.24, 2.45) is 0 Å². The van der Waals surface area contributed by atoms with E-state index in [-0.39, 0.29) is 0 Å². The van der Waals surface area contributed by atoms with Crippen LogP contribution < -0.4 is 4.90 Å². The zero-order chi connectivity index (χ0) is 10.7. The second-order valence-corrected chi connectivity index (χ2v) is 3.78. The Morgan fingerprint density at radius 1 is 1.27 bits per heavy atom. The fourth-order valence-electron chi connectivity index (χ4n) is 1.92. The SMILES string of the molecule is Cc1c(C#N)n[c]nc1N1CCCCC1. The van der Waals surface area contributed by atoms with Crippen LogP contribution in [-0.2, 0) is 0 Å². The lowest BCUT2D eigenvalue weighted by atomic mass is 10.1. The van der Waals surface area contributed by atoms with E-state index >= 15 is 0 Å². The lowest BCUT2D eigenvalue weighted by molar-refractivity contribution is 0.571. The van der Waals surface area contributed by atoms with E-state index in [0.717, 1.165) is 24.5 Å². The Bertz CT molecular complexity index is 388. The molecule has 0 spiro atoms. The average molecular weight is 201 g/mol. The summed E-state index contributed by atoms with van der Waals surface area (Å²) in [4.78, 5) is 10.2. The summed E-state index contributed by atoms with van der Waals surface area (Å²) < 4.78 is 0. The Morgan fingerprint density at radius 2 is 2.00 bits per heavy atom. The molecule has 1 saturated heterocycles. The van der Waals surface area contributed by atoms with Gasteiger partial charge in [0.15, 0.2) is 0 Å². The predicted octanol–water partition coefficient (Wildman–Crippen LogP) is 1.45. The second kappa shape index (κ2) is 4.26. The monoisotopic (exact) mass is 201 g/mol. The van der Waals surface area contributed by atoms with Gasteiger partial charge in [-0.2, -0.15) is 5.26 Å². The molecular formula is C11H13N4. The van der Waals surface area contributed by atoms with E-state index in [1.807, 2.05) is 6.92 Å². The maximum atomic E-state index is 8.86. The molecule has 0 atom stereocenters. The number of hydrogen-bond donors (Lipinski definition) is 0. The molecule has 0 saturated carbocycles. The fourth-order valence-corrected chi connectivity index (χ4v) is 1.92. The molecule has 0 amide bonds. The Hall–Kier alpha value is -1.63. The van der Waals surface area contributed by atoms with Gasteiger partial charge in [-0.3, -0.25) is 0 Å². The van der Waals surface area contributed by atoms with Crippen LogP contribution in [0.3, 0.4) is 0 Å². The normalized spacial score (nSPS) is 16.1. The summed E-state index contributed by atoms with van der Waals surface area (Å²) in [5, 5.41) is 8.86. The van der Waals surface area contributed by atoms with Crippen LogP contribution in [0.5, 0.6) is 0 Å². The first-order valence-electron chi connectivity index (χ1n) is 5.22. The molecule has 2 heterocycles. The maximum Gasteiger partial charge on any atom is 0.201 e. The van der Waals surface area contributed by atoms with Crippen molar-refractivity contribution in [1.82, 2.24) is 9.97 Å². The average Bonchev–Trinajstić information content (AvgIpc) is 2.30. The van der Waals surface area contributed by atoms with Gasteiger partial charge < -0.3 is 4.90 Å². The molecule has 0 aliphatic carbocycles. The van der Waals surface area contributed by atoms with Crippen LogP contribution in [0.2, 0.25) is 0 Å². The van der Waals surface area contributed by atoms with E-state index in [1.165, 1.54) is 19.3 Å². The smallest absolute Gasteiger partial charge is 0.201 e. The Kier molecular flexibility index (Phi) is 2.82. The van der Waals surface area contributed by atoms with Crippen LogP contribution >= 0.6 is 0 Å². The summed E-state index contributed by atoms with van der Waals surface area (Å²) in [7, 11) is 0. The number of piperidine rings is 1. The van der Waals surface area contributed by atoms with E-state index in [2.05, 4.69) is 27.3 Å². The van der Waals surface area contributed by atoms with Gasteiger partial charge in [0.1, 0.15) is 17.6 Å². The number of rotatable bonds is 1. The standard InChI is InChI=1S/C11H13N4/c1-9-10(7-12)13-8-14-11(9)15-5-3-2-4-6-15/h2-6H2,1H3. The molecule has 1 radical (unpaired) electrons. The molecule has 1 fully saturated rings. The van der Waals surface area contributed by atoms with E-state index in [4.69, 9.17) is 5.26 Å². The molecule has 4 nitrogen and oxygen atoms in total. The van der Waals surface area contributed by atoms with Crippen LogP contribution in [0.1, 0.15) is 30.5 Å². The van der Waals surface area contributed by atoms with Crippen LogP contribution in [0.4, 0.5) is 5.82 Å². The minimum absolute atomic E-state index is 0.436. The van der Waals surface area contributed by atoms with Gasteiger partial charge in [0.2, 0.25) is 6.33 Å². The first-order chi connectivity index (χ1) is 7.33. The Balaban J connectivity index is 2.31. The fraction of sp³-hybridized carbons (Fsp3) is 0.545. The zero-order valence-corrected chi connectivity index (χ0v) is 8.82. The summed E-state index contributed by atoms with van der Waals surface area (Å²) in [6.45, 7) is 3.95. The molecule has 15 heavy (non-hydrogen) atoms. The molecule has 77 valence electrons. The van der Waals surface area contributed by atoms with Gasteiger partial charge in [-0.25, -0.2) is 9.97 Å². The van der Waals surface area contributed by atoms with Gasteiger partial charge in [0, 0.05) is 18.7 Å². The van der Waals surface area contributed by atoms with Crippen molar-refractivity contribution in [3.05, 3.63) is 17.6 Å². The maximum absolute atomic E-state index is 8.86. The summed E-state index contributed by atoms with van der Waals surface area (Å²) in [5.41, 5.74) is 1.31. The van der Waals surface area contributed by atoms with Crippen molar-refractivity contribution < 1.29 is 0 Å². The Labute approximate surface area is 89.6 Å². The molecule has 0 aromatic carbocycles. The van der Waals surface area contributed by atoms with Crippen molar-refractivity contribution in [2.75, 3.05) is 18.0 Å². The third kappa shape index (κ3) is 1.91. The predicted molar refractivity (Wildman–Crippen MR) is 56.4 cm³/mol. The van der Waals surface area contributed by atoms with E-state index in [9.17, 15) is 0 Å². The first-order valence-corrected chi connectivity index (χ1v) is 5.22. The molecule has 0 unspecified atom stereocenters. The van der Waals surface area contributed by atoms with E-state index < -0.39 is 0 Å². The summed E-state index contributed by atoms with van der Waals surface area (Å²) in [6.07, 6.45) is 6.24. The van der Waals surface area contributed by atoms with Crippen LogP contribution in [0.15, 0.2) is 0 Å². The third-order valence-electron chi connectivity index (χ3n) is 2.77. The van der Waals surface area contributed by atoms with Crippen LogP contribution in [0.25, 0.3) is 0 Å². The molecule has 1 aliphatic heterocycles. The van der Waals surface area contributed by atoms with Crippen LogP contribution in [-0.4, -0.2) is 23.1 Å². The number of aromatic nitrogens is 2. The molecule has 0 N–H and O–H groups in total. The number of anilines is 1. The number of nitriles is 1. The highest BCUT2D eigenvalue weighted by Crippen LogP contribution is 2.21. The highest BCUT2D eigenvalue weighted by atomic mass is 15.2. The summed E-state index contributed by atoms with van der Waals surface area (Å²) in [5.74, 6) is 0.876. The molecule has 1 aliphatic rings. The topological polar surface area (TPSA) is 52.8 Å². The molecular weight excluding hydrogens is 188 g/mol. The van der Waals surface area contributed by atoms with Gasteiger partial charge in [0.05, 0.1) is 0 Å². The molecule has 4 heteroatoms. The lowest BCUT2D eigenvalue weighted by Gasteiger charge is -2.28. The van der Waals surface area contributed by atoms with Gasteiger partial charge in [-0.1, -0.05) is 0 Å². The largest absolute Gasteiger partial charge is 0.356 e. The molecule has 2 rings (SSSR count). The van der Waals surface area contributed by atoms with Crippen molar-refractivity contribution in [3.8, 4) is 6.07 Å². The first kappa shape index (κ1) is 9.91.